The summed E-state index contributed by atoms with van der Waals surface area (Å²) in [6.07, 6.45) is 2.08. The number of nitro benzene ring substituents is 1. The zero-order valence-corrected chi connectivity index (χ0v) is 9.28. The number of halogens is 1. The van der Waals surface area contributed by atoms with Crippen LogP contribution in [0.15, 0.2) is 24.4 Å². The van der Waals surface area contributed by atoms with Gasteiger partial charge in [-0.1, -0.05) is 5.21 Å². The van der Waals surface area contributed by atoms with Crippen LogP contribution in [0.2, 0.25) is 0 Å². The molecule has 0 aliphatic heterocycles. The molecule has 8 heteroatoms. The molecule has 0 aliphatic carbocycles. The third-order valence-corrected chi connectivity index (χ3v) is 2.33. The topological polar surface area (TPSA) is 99.9 Å². The third-order valence-electron chi connectivity index (χ3n) is 2.33. The van der Waals surface area contributed by atoms with E-state index in [9.17, 15) is 14.5 Å². The molecule has 0 saturated heterocycles. The first-order chi connectivity index (χ1) is 8.61. The predicted molar refractivity (Wildman–Crippen MR) is 60.7 cm³/mol. The number of nitrogens with two attached hydrogens (primary N) is 1. The van der Waals surface area contributed by atoms with Gasteiger partial charge in [0.15, 0.2) is 5.82 Å². The highest BCUT2D eigenvalue weighted by atomic mass is 19.1. The molecule has 0 bridgehead atoms. The van der Waals surface area contributed by atoms with Crippen molar-refractivity contribution < 1.29 is 9.31 Å². The van der Waals surface area contributed by atoms with E-state index in [-0.39, 0.29) is 11.4 Å². The van der Waals surface area contributed by atoms with Crippen molar-refractivity contribution in [3.8, 4) is 5.69 Å². The maximum Gasteiger partial charge on any atom is 0.272 e. The van der Waals surface area contributed by atoms with Crippen LogP contribution in [0.1, 0.15) is 5.69 Å². The number of aromatic nitrogens is 3. The molecule has 0 aliphatic rings. The number of rotatable bonds is 4. The Labute approximate surface area is 101 Å². The minimum absolute atomic E-state index is 0.108. The molecular formula is C10H10FN5O2. The quantitative estimate of drug-likeness (QED) is 0.640. The normalized spacial score (nSPS) is 10.6. The molecule has 1 heterocycles. The monoisotopic (exact) mass is 251 g/mol. The SMILES string of the molecule is NCCc1cn(-c2ccc([N+](=O)[O-])cc2F)nn1. The second-order valence-corrected chi connectivity index (χ2v) is 3.59. The molecule has 7 nitrogen and oxygen atoms in total. The molecule has 2 N–H and O–H groups in total. The Hall–Kier alpha value is -2.35. The maximum atomic E-state index is 13.7. The van der Waals surface area contributed by atoms with E-state index < -0.39 is 10.7 Å². The van der Waals surface area contributed by atoms with Crippen molar-refractivity contribution in [2.75, 3.05) is 6.54 Å². The third kappa shape index (κ3) is 2.33. The first-order valence-electron chi connectivity index (χ1n) is 5.17. The standard InChI is InChI=1S/C10H10FN5O2/c11-9-5-8(16(17)18)1-2-10(9)15-6-7(3-4-12)13-14-15/h1-2,5-6H,3-4,12H2. The lowest BCUT2D eigenvalue weighted by Crippen LogP contribution is -2.02. The van der Waals surface area contributed by atoms with Gasteiger partial charge in [-0.3, -0.25) is 10.1 Å². The summed E-state index contributed by atoms with van der Waals surface area (Å²) >= 11 is 0. The van der Waals surface area contributed by atoms with Gasteiger partial charge in [-0.15, -0.1) is 5.10 Å². The van der Waals surface area contributed by atoms with Crippen LogP contribution in [0, 0.1) is 15.9 Å². The summed E-state index contributed by atoms with van der Waals surface area (Å²) in [4.78, 5) is 9.82. The van der Waals surface area contributed by atoms with Crippen molar-refractivity contribution in [1.29, 1.82) is 0 Å². The fourth-order valence-corrected chi connectivity index (χ4v) is 1.47. The summed E-state index contributed by atoms with van der Waals surface area (Å²) in [5, 5.41) is 18.0. The Kier molecular flexibility index (Phi) is 3.28. The molecule has 18 heavy (non-hydrogen) atoms. The summed E-state index contributed by atoms with van der Waals surface area (Å²) in [7, 11) is 0. The lowest BCUT2D eigenvalue weighted by molar-refractivity contribution is -0.385. The van der Waals surface area contributed by atoms with Crippen molar-refractivity contribution in [3.63, 3.8) is 0 Å². The molecule has 0 amide bonds. The van der Waals surface area contributed by atoms with E-state index in [4.69, 9.17) is 5.73 Å². The van der Waals surface area contributed by atoms with Gasteiger partial charge in [-0.2, -0.15) is 0 Å². The molecule has 2 aromatic rings. The van der Waals surface area contributed by atoms with Gasteiger partial charge in [-0.05, 0) is 12.6 Å². The Morgan fingerprint density at radius 3 is 2.89 bits per heavy atom. The van der Waals surface area contributed by atoms with E-state index in [1.807, 2.05) is 0 Å². The number of hydrogen-bond acceptors (Lipinski definition) is 5. The largest absolute Gasteiger partial charge is 0.330 e. The van der Waals surface area contributed by atoms with Gasteiger partial charge in [0, 0.05) is 12.5 Å². The lowest BCUT2D eigenvalue weighted by atomic mass is 10.2. The van der Waals surface area contributed by atoms with E-state index >= 15 is 0 Å². The van der Waals surface area contributed by atoms with Gasteiger partial charge in [0.1, 0.15) is 5.69 Å². The number of non-ortho nitro benzene ring substituents is 1. The second kappa shape index (κ2) is 4.88. The van der Waals surface area contributed by atoms with Crippen molar-refractivity contribution in [1.82, 2.24) is 15.0 Å². The van der Waals surface area contributed by atoms with Gasteiger partial charge in [0.2, 0.25) is 0 Å². The first-order valence-corrected chi connectivity index (χ1v) is 5.17. The minimum atomic E-state index is -0.728. The average molecular weight is 251 g/mol. The molecule has 2 rings (SSSR count). The van der Waals surface area contributed by atoms with Crippen LogP contribution < -0.4 is 5.73 Å². The highest BCUT2D eigenvalue weighted by Crippen LogP contribution is 2.19. The summed E-state index contributed by atoms with van der Waals surface area (Å²) in [5.41, 5.74) is 5.80. The van der Waals surface area contributed by atoms with Gasteiger partial charge in [-0.25, -0.2) is 9.07 Å². The van der Waals surface area contributed by atoms with Crippen LogP contribution in [-0.4, -0.2) is 26.5 Å². The molecule has 0 spiro atoms. The zero-order chi connectivity index (χ0) is 13.1. The highest BCUT2D eigenvalue weighted by Gasteiger charge is 2.13. The molecule has 1 aromatic heterocycles. The molecule has 94 valence electrons. The number of benzene rings is 1. The van der Waals surface area contributed by atoms with E-state index in [0.29, 0.717) is 18.7 Å². The molecule has 0 fully saturated rings. The fourth-order valence-electron chi connectivity index (χ4n) is 1.47. The van der Waals surface area contributed by atoms with Gasteiger partial charge in [0.25, 0.3) is 5.69 Å². The summed E-state index contributed by atoms with van der Waals surface area (Å²) in [5.74, 6) is -0.728. The van der Waals surface area contributed by atoms with Gasteiger partial charge in [0.05, 0.1) is 22.9 Å². The molecule has 0 radical (unpaired) electrons. The second-order valence-electron chi connectivity index (χ2n) is 3.59. The Morgan fingerprint density at radius 1 is 1.50 bits per heavy atom. The van der Waals surface area contributed by atoms with Crippen LogP contribution >= 0.6 is 0 Å². The van der Waals surface area contributed by atoms with Crippen LogP contribution in [0.4, 0.5) is 10.1 Å². The Bertz CT molecular complexity index is 583. The first kappa shape index (κ1) is 12.1. The van der Waals surface area contributed by atoms with E-state index in [2.05, 4.69) is 10.3 Å². The number of hydrogen-bond donors (Lipinski definition) is 1. The van der Waals surface area contributed by atoms with Crippen molar-refractivity contribution in [2.45, 2.75) is 6.42 Å². The van der Waals surface area contributed by atoms with Gasteiger partial charge >= 0.3 is 0 Å². The van der Waals surface area contributed by atoms with Crippen molar-refractivity contribution in [2.24, 2.45) is 5.73 Å². The molecule has 0 atom stereocenters. The minimum Gasteiger partial charge on any atom is -0.330 e. The van der Waals surface area contributed by atoms with Gasteiger partial charge < -0.3 is 5.73 Å². The van der Waals surface area contributed by atoms with Crippen LogP contribution in [0.5, 0.6) is 0 Å². The fraction of sp³-hybridized carbons (Fsp3) is 0.200. The molecule has 1 aromatic carbocycles. The van der Waals surface area contributed by atoms with Crippen molar-refractivity contribution >= 4 is 5.69 Å². The molecule has 0 saturated carbocycles. The smallest absolute Gasteiger partial charge is 0.272 e. The Balaban J connectivity index is 2.35. The van der Waals surface area contributed by atoms with E-state index in [1.54, 1.807) is 0 Å². The summed E-state index contributed by atoms with van der Waals surface area (Å²) < 4.78 is 14.9. The van der Waals surface area contributed by atoms with Crippen LogP contribution in [0.3, 0.4) is 0 Å². The highest BCUT2D eigenvalue weighted by molar-refractivity contribution is 5.41. The van der Waals surface area contributed by atoms with E-state index in [0.717, 1.165) is 6.07 Å². The number of nitrogens with zero attached hydrogens (tertiary/aromatic N) is 4. The van der Waals surface area contributed by atoms with Crippen LogP contribution in [-0.2, 0) is 6.42 Å². The number of nitro groups is 1. The predicted octanol–water partition coefficient (Wildman–Crippen LogP) is 0.816. The maximum absolute atomic E-state index is 13.7. The molecule has 0 unspecified atom stereocenters. The zero-order valence-electron chi connectivity index (χ0n) is 9.28. The lowest BCUT2D eigenvalue weighted by Gasteiger charge is -2.01. The Morgan fingerprint density at radius 2 is 2.28 bits per heavy atom. The van der Waals surface area contributed by atoms with Crippen molar-refractivity contribution in [3.05, 3.63) is 46.0 Å². The summed E-state index contributed by atoms with van der Waals surface area (Å²) in [6.45, 7) is 0.418. The summed E-state index contributed by atoms with van der Waals surface area (Å²) in [6, 6.07) is 3.34. The average Bonchev–Trinajstić information content (AvgIpc) is 2.77. The molecular weight excluding hydrogens is 241 g/mol. The van der Waals surface area contributed by atoms with Crippen LogP contribution in [0.25, 0.3) is 5.69 Å². The van der Waals surface area contributed by atoms with E-state index in [1.165, 1.54) is 23.0 Å².